The average molecular weight is 142 g/mol. The predicted molar refractivity (Wildman–Crippen MR) is 31.8 cm³/mol. The molecule has 0 saturated heterocycles. The van der Waals surface area contributed by atoms with Crippen LogP contribution >= 0.6 is 0 Å². The maximum Gasteiger partial charge on any atom is 0.150 e. The monoisotopic (exact) mass is 141 g/mol. The molecular formula is C7H6ClO-. The Bertz CT molecular complexity index is 172. The molecule has 0 aliphatic rings. The lowest BCUT2D eigenvalue weighted by Crippen LogP contribution is -3.00. The van der Waals surface area contributed by atoms with Gasteiger partial charge in [0.05, 0.1) is 0 Å². The SMILES string of the molecule is O=Cc1ccccc1.[Cl-]. The normalized spacial score (nSPS) is 7.56. The highest BCUT2D eigenvalue weighted by Crippen LogP contribution is 1.91. The Morgan fingerprint density at radius 2 is 1.67 bits per heavy atom. The number of rotatable bonds is 1. The molecule has 9 heavy (non-hydrogen) atoms. The first kappa shape index (κ1) is 8.18. The topological polar surface area (TPSA) is 17.1 Å². The van der Waals surface area contributed by atoms with Crippen LogP contribution in [0.2, 0.25) is 0 Å². The fourth-order valence-corrected chi connectivity index (χ4v) is 0.532. The van der Waals surface area contributed by atoms with E-state index in [2.05, 4.69) is 0 Å². The van der Waals surface area contributed by atoms with Crippen LogP contribution in [0.25, 0.3) is 0 Å². The van der Waals surface area contributed by atoms with Gasteiger partial charge >= 0.3 is 0 Å². The zero-order valence-corrected chi connectivity index (χ0v) is 5.51. The molecule has 0 fully saturated rings. The summed E-state index contributed by atoms with van der Waals surface area (Å²) in [7, 11) is 0. The minimum Gasteiger partial charge on any atom is -1.00 e. The van der Waals surface area contributed by atoms with Gasteiger partial charge in [-0.05, 0) is 0 Å². The zero-order chi connectivity index (χ0) is 5.82. The molecule has 0 unspecified atom stereocenters. The van der Waals surface area contributed by atoms with E-state index in [4.69, 9.17) is 0 Å². The predicted octanol–water partition coefficient (Wildman–Crippen LogP) is -1.50. The summed E-state index contributed by atoms with van der Waals surface area (Å²) in [6.07, 6.45) is 0.833. The van der Waals surface area contributed by atoms with Crippen molar-refractivity contribution in [1.29, 1.82) is 0 Å². The van der Waals surface area contributed by atoms with Gasteiger partial charge in [-0.2, -0.15) is 0 Å². The van der Waals surface area contributed by atoms with Crippen LogP contribution < -0.4 is 12.4 Å². The quantitative estimate of drug-likeness (QED) is 0.436. The number of halogens is 1. The molecule has 1 rings (SSSR count). The van der Waals surface area contributed by atoms with E-state index in [9.17, 15) is 4.79 Å². The summed E-state index contributed by atoms with van der Waals surface area (Å²) >= 11 is 0. The Hall–Kier alpha value is -0.820. The summed E-state index contributed by atoms with van der Waals surface area (Å²) in [5, 5.41) is 0. The first-order chi connectivity index (χ1) is 3.93. The highest BCUT2D eigenvalue weighted by molar-refractivity contribution is 5.74. The van der Waals surface area contributed by atoms with Crippen LogP contribution in [0.4, 0.5) is 0 Å². The van der Waals surface area contributed by atoms with Crippen molar-refractivity contribution in [3.8, 4) is 0 Å². The fraction of sp³-hybridized carbons (Fsp3) is 0. The molecule has 2 heteroatoms. The molecule has 0 spiro atoms. The summed E-state index contributed by atoms with van der Waals surface area (Å²) < 4.78 is 0. The Morgan fingerprint density at radius 3 is 2.00 bits per heavy atom. The Labute approximate surface area is 60.1 Å². The molecule has 0 radical (unpaired) electrons. The van der Waals surface area contributed by atoms with E-state index in [0.29, 0.717) is 0 Å². The van der Waals surface area contributed by atoms with E-state index in [1.54, 1.807) is 12.1 Å². The minimum atomic E-state index is 0. The standard InChI is InChI=1S/C7H6O.ClH/c8-6-7-4-2-1-3-5-7;/h1-6H;1H/p-1. The number of aldehydes is 1. The van der Waals surface area contributed by atoms with Gasteiger partial charge in [-0.3, -0.25) is 4.79 Å². The number of carbonyl (C=O) groups is 1. The van der Waals surface area contributed by atoms with Crippen LogP contribution in [-0.4, -0.2) is 6.29 Å². The third-order valence-corrected chi connectivity index (χ3v) is 0.936. The molecule has 1 nitrogen and oxygen atoms in total. The Kier molecular flexibility index (Phi) is 3.72. The van der Waals surface area contributed by atoms with Crippen molar-refractivity contribution >= 4 is 6.29 Å². The van der Waals surface area contributed by atoms with Gasteiger partial charge in [0, 0.05) is 5.56 Å². The Balaban J connectivity index is 0.000000640. The molecule has 0 heterocycles. The number of hydrogen-bond acceptors (Lipinski definition) is 1. The zero-order valence-electron chi connectivity index (χ0n) is 4.75. The molecule has 0 N–H and O–H groups in total. The van der Waals surface area contributed by atoms with Crippen molar-refractivity contribution in [2.75, 3.05) is 0 Å². The number of carbonyl (C=O) groups excluding carboxylic acids is 1. The minimum absolute atomic E-state index is 0. The molecule has 0 aliphatic heterocycles. The van der Waals surface area contributed by atoms with Gasteiger partial charge in [-0.25, -0.2) is 0 Å². The van der Waals surface area contributed by atoms with E-state index >= 15 is 0 Å². The fourth-order valence-electron chi connectivity index (χ4n) is 0.532. The molecule has 48 valence electrons. The lowest BCUT2D eigenvalue weighted by Gasteiger charge is -1.81. The summed E-state index contributed by atoms with van der Waals surface area (Å²) in [6.45, 7) is 0. The first-order valence-corrected chi connectivity index (χ1v) is 2.44. The van der Waals surface area contributed by atoms with Crippen molar-refractivity contribution in [2.24, 2.45) is 0 Å². The van der Waals surface area contributed by atoms with Crippen molar-refractivity contribution in [2.45, 2.75) is 0 Å². The third kappa shape index (κ3) is 2.29. The molecule has 1 aromatic rings. The van der Waals surface area contributed by atoms with E-state index in [1.807, 2.05) is 18.2 Å². The smallest absolute Gasteiger partial charge is 0.150 e. The van der Waals surface area contributed by atoms with Crippen molar-refractivity contribution in [3.05, 3.63) is 35.9 Å². The molecule has 0 bridgehead atoms. The van der Waals surface area contributed by atoms with Crippen LogP contribution in [-0.2, 0) is 0 Å². The van der Waals surface area contributed by atoms with Crippen LogP contribution in [0.5, 0.6) is 0 Å². The summed E-state index contributed by atoms with van der Waals surface area (Å²) in [5.74, 6) is 0. The van der Waals surface area contributed by atoms with Gasteiger partial charge in [0.15, 0.2) is 0 Å². The van der Waals surface area contributed by atoms with E-state index < -0.39 is 0 Å². The summed E-state index contributed by atoms with van der Waals surface area (Å²) in [6, 6.07) is 9.10. The largest absolute Gasteiger partial charge is 1.00 e. The molecule has 0 saturated carbocycles. The van der Waals surface area contributed by atoms with Crippen molar-refractivity contribution in [1.82, 2.24) is 0 Å². The van der Waals surface area contributed by atoms with Crippen molar-refractivity contribution < 1.29 is 17.2 Å². The van der Waals surface area contributed by atoms with E-state index in [-0.39, 0.29) is 12.4 Å². The average Bonchev–Trinajstić information content (AvgIpc) is 1.90. The van der Waals surface area contributed by atoms with Crippen LogP contribution in [0.3, 0.4) is 0 Å². The molecule has 0 aliphatic carbocycles. The lowest BCUT2D eigenvalue weighted by atomic mass is 10.2. The molecule has 0 atom stereocenters. The van der Waals surface area contributed by atoms with Gasteiger partial charge in [0.2, 0.25) is 0 Å². The molecule has 0 amide bonds. The third-order valence-electron chi connectivity index (χ3n) is 0.936. The summed E-state index contributed by atoms with van der Waals surface area (Å²) in [5.41, 5.74) is 0.729. The maximum atomic E-state index is 10.0. The van der Waals surface area contributed by atoms with Crippen molar-refractivity contribution in [3.63, 3.8) is 0 Å². The van der Waals surface area contributed by atoms with Crippen LogP contribution in [0.1, 0.15) is 10.4 Å². The lowest BCUT2D eigenvalue weighted by molar-refractivity contribution is -0.00000803. The number of hydrogen-bond donors (Lipinski definition) is 0. The summed E-state index contributed by atoms with van der Waals surface area (Å²) in [4.78, 5) is 10.0. The highest BCUT2D eigenvalue weighted by atomic mass is 35.5. The maximum absolute atomic E-state index is 10.0. The Morgan fingerprint density at radius 1 is 1.11 bits per heavy atom. The number of benzene rings is 1. The highest BCUT2D eigenvalue weighted by Gasteiger charge is 1.79. The van der Waals surface area contributed by atoms with Gasteiger partial charge in [-0.15, -0.1) is 0 Å². The van der Waals surface area contributed by atoms with Crippen LogP contribution in [0.15, 0.2) is 30.3 Å². The second kappa shape index (κ2) is 4.10. The van der Waals surface area contributed by atoms with Crippen LogP contribution in [0, 0.1) is 0 Å². The van der Waals surface area contributed by atoms with E-state index in [0.717, 1.165) is 11.8 Å². The van der Waals surface area contributed by atoms with Gasteiger partial charge in [0.25, 0.3) is 0 Å². The molecule has 1 aromatic carbocycles. The van der Waals surface area contributed by atoms with E-state index in [1.165, 1.54) is 0 Å². The first-order valence-electron chi connectivity index (χ1n) is 2.44. The van der Waals surface area contributed by atoms with Gasteiger partial charge < -0.3 is 12.4 Å². The second-order valence-corrected chi connectivity index (χ2v) is 1.53. The molecular weight excluding hydrogens is 136 g/mol. The van der Waals surface area contributed by atoms with Gasteiger partial charge in [-0.1, -0.05) is 30.3 Å². The second-order valence-electron chi connectivity index (χ2n) is 1.53. The molecule has 0 aromatic heterocycles. The van der Waals surface area contributed by atoms with Gasteiger partial charge in [0.1, 0.15) is 6.29 Å².